The summed E-state index contributed by atoms with van der Waals surface area (Å²) in [6.45, 7) is 4.40. The number of nitrogens with zero attached hydrogens (tertiary/aromatic N) is 1. The van der Waals surface area contributed by atoms with Crippen LogP contribution in [0.15, 0.2) is 146 Å². The minimum Gasteiger partial charge on any atom is -0.353 e. The van der Waals surface area contributed by atoms with Gasteiger partial charge in [-0.1, -0.05) is 153 Å². The van der Waals surface area contributed by atoms with Crippen molar-refractivity contribution in [2.75, 3.05) is 6.54 Å². The molecule has 6 rings (SSSR count). The molecule has 1 aliphatic rings. The van der Waals surface area contributed by atoms with Crippen LogP contribution in [0.25, 0.3) is 0 Å². The largest absolute Gasteiger partial charge is 0.353 e. The van der Waals surface area contributed by atoms with Crippen LogP contribution in [0.3, 0.4) is 0 Å². The molecule has 5 aromatic rings. The summed E-state index contributed by atoms with van der Waals surface area (Å²) in [5.41, 5.74) is 5.06. The number of carbonyl (C=O) groups is 3. The third-order valence-electron chi connectivity index (χ3n) is 9.02. The van der Waals surface area contributed by atoms with Crippen LogP contribution in [-0.2, 0) is 9.59 Å². The first-order chi connectivity index (χ1) is 23.4. The molecule has 6 nitrogen and oxygen atoms in total. The first kappa shape index (κ1) is 32.5. The van der Waals surface area contributed by atoms with E-state index in [1.807, 2.05) is 123 Å². The molecule has 0 bridgehead atoms. The van der Waals surface area contributed by atoms with Crippen molar-refractivity contribution in [1.29, 1.82) is 0 Å². The highest BCUT2D eigenvalue weighted by molar-refractivity contribution is 6.07. The quantitative estimate of drug-likeness (QED) is 0.150. The molecule has 1 aliphatic heterocycles. The van der Waals surface area contributed by atoms with Gasteiger partial charge in [-0.05, 0) is 46.2 Å². The molecule has 2 N–H and O–H groups in total. The molecule has 1 unspecified atom stereocenters. The zero-order chi connectivity index (χ0) is 33.5. The molecule has 48 heavy (non-hydrogen) atoms. The van der Waals surface area contributed by atoms with E-state index in [0.29, 0.717) is 24.1 Å². The third kappa shape index (κ3) is 7.08. The normalized spacial score (nSPS) is 14.6. The summed E-state index contributed by atoms with van der Waals surface area (Å²) in [7, 11) is 0. The third-order valence-corrected chi connectivity index (χ3v) is 9.02. The number of amides is 3. The van der Waals surface area contributed by atoms with E-state index in [2.05, 4.69) is 34.9 Å². The van der Waals surface area contributed by atoms with Crippen LogP contribution in [0.4, 0.5) is 0 Å². The number of rotatable bonds is 12. The molecule has 0 aromatic heterocycles. The SMILES string of the molecule is CC(C)C[C@@H](C(=O)NCC(c1ccccc1)c1ccccc1)N1C(=O)c2ccccc2C1C(=O)NC(c1ccccc1)c1ccccc1. The highest BCUT2D eigenvalue weighted by Crippen LogP contribution is 2.38. The standard InChI is InChI=1S/C42H41N3O3/c1-29(2)27-37(40(46)43-28-36(30-17-7-3-8-18-30)31-19-9-4-10-20-31)45-39(34-25-15-16-26-35(34)42(45)48)41(47)44-38(32-21-11-5-12-22-32)33-23-13-6-14-24-33/h3-26,29,36-39H,27-28H2,1-2H3,(H,43,46)(H,44,47)/t37-,39?/m0/s1. The van der Waals surface area contributed by atoms with Gasteiger partial charge in [0.25, 0.3) is 5.91 Å². The first-order valence-corrected chi connectivity index (χ1v) is 16.6. The van der Waals surface area contributed by atoms with Crippen molar-refractivity contribution < 1.29 is 14.4 Å². The molecular formula is C42H41N3O3. The second-order valence-corrected chi connectivity index (χ2v) is 12.7. The number of carbonyl (C=O) groups excluding carboxylic acids is 3. The number of benzene rings is 5. The smallest absolute Gasteiger partial charge is 0.255 e. The fourth-order valence-electron chi connectivity index (χ4n) is 6.71. The molecule has 0 radical (unpaired) electrons. The molecule has 2 atom stereocenters. The molecule has 0 spiro atoms. The number of fused-ring (bicyclic) bond motifs is 1. The Labute approximate surface area is 282 Å². The lowest BCUT2D eigenvalue weighted by atomic mass is 9.91. The van der Waals surface area contributed by atoms with E-state index in [9.17, 15) is 14.4 Å². The Balaban J connectivity index is 1.33. The summed E-state index contributed by atoms with van der Waals surface area (Å²) in [4.78, 5) is 44.6. The fraction of sp³-hybridized carbons (Fsp3) is 0.214. The monoisotopic (exact) mass is 635 g/mol. The zero-order valence-corrected chi connectivity index (χ0v) is 27.3. The molecule has 0 aliphatic carbocycles. The van der Waals surface area contributed by atoms with E-state index in [1.165, 1.54) is 4.90 Å². The van der Waals surface area contributed by atoms with Crippen molar-refractivity contribution in [1.82, 2.24) is 15.5 Å². The molecule has 5 aromatic carbocycles. The van der Waals surface area contributed by atoms with Gasteiger partial charge in [-0.25, -0.2) is 0 Å². The van der Waals surface area contributed by atoms with Crippen LogP contribution in [0, 0.1) is 5.92 Å². The topological polar surface area (TPSA) is 78.5 Å². The lowest BCUT2D eigenvalue weighted by Crippen LogP contribution is -2.52. The number of hydrogen-bond acceptors (Lipinski definition) is 3. The van der Waals surface area contributed by atoms with E-state index in [-0.39, 0.29) is 29.6 Å². The van der Waals surface area contributed by atoms with Gasteiger partial charge in [-0.2, -0.15) is 0 Å². The highest BCUT2D eigenvalue weighted by Gasteiger charge is 2.47. The summed E-state index contributed by atoms with van der Waals surface area (Å²) in [5.74, 6) is -0.924. The zero-order valence-electron chi connectivity index (χ0n) is 27.3. The van der Waals surface area contributed by atoms with Crippen molar-refractivity contribution in [3.8, 4) is 0 Å². The van der Waals surface area contributed by atoms with E-state index >= 15 is 0 Å². The molecule has 6 heteroatoms. The minimum absolute atomic E-state index is 0.0841. The van der Waals surface area contributed by atoms with E-state index in [0.717, 1.165) is 22.3 Å². The lowest BCUT2D eigenvalue weighted by Gasteiger charge is -2.34. The molecule has 1 heterocycles. The molecule has 0 saturated heterocycles. The lowest BCUT2D eigenvalue weighted by molar-refractivity contribution is -0.131. The van der Waals surface area contributed by atoms with Crippen molar-refractivity contribution >= 4 is 17.7 Å². The van der Waals surface area contributed by atoms with Crippen LogP contribution < -0.4 is 10.6 Å². The average Bonchev–Trinajstić information content (AvgIpc) is 3.42. The van der Waals surface area contributed by atoms with E-state index in [4.69, 9.17) is 0 Å². The number of hydrogen-bond donors (Lipinski definition) is 2. The van der Waals surface area contributed by atoms with Crippen LogP contribution in [0.2, 0.25) is 0 Å². The molecule has 0 saturated carbocycles. The summed E-state index contributed by atoms with van der Waals surface area (Å²) in [6, 6.07) is 44.7. The van der Waals surface area contributed by atoms with Crippen LogP contribution in [-0.4, -0.2) is 35.2 Å². The first-order valence-electron chi connectivity index (χ1n) is 16.6. The van der Waals surface area contributed by atoms with Crippen molar-refractivity contribution in [3.05, 3.63) is 179 Å². The average molecular weight is 636 g/mol. The maximum absolute atomic E-state index is 14.5. The number of nitrogens with one attached hydrogen (secondary N) is 2. The van der Waals surface area contributed by atoms with Crippen molar-refractivity contribution in [2.45, 2.75) is 44.3 Å². The van der Waals surface area contributed by atoms with Gasteiger partial charge >= 0.3 is 0 Å². The maximum Gasteiger partial charge on any atom is 0.255 e. The minimum atomic E-state index is -0.975. The highest BCUT2D eigenvalue weighted by atomic mass is 16.2. The Bertz CT molecular complexity index is 1750. The Morgan fingerprint density at radius 2 is 1.10 bits per heavy atom. The van der Waals surface area contributed by atoms with E-state index in [1.54, 1.807) is 12.1 Å². The maximum atomic E-state index is 14.5. The fourth-order valence-corrected chi connectivity index (χ4v) is 6.71. The summed E-state index contributed by atoms with van der Waals surface area (Å²) in [5, 5.41) is 6.46. The Morgan fingerprint density at radius 1 is 0.646 bits per heavy atom. The van der Waals surface area contributed by atoms with Gasteiger partial charge in [0.15, 0.2) is 0 Å². The summed E-state index contributed by atoms with van der Waals surface area (Å²) >= 11 is 0. The molecular weight excluding hydrogens is 594 g/mol. The van der Waals surface area contributed by atoms with Crippen molar-refractivity contribution in [3.63, 3.8) is 0 Å². The van der Waals surface area contributed by atoms with E-state index < -0.39 is 18.1 Å². The van der Waals surface area contributed by atoms with Crippen LogP contribution in [0.5, 0.6) is 0 Å². The predicted molar refractivity (Wildman–Crippen MR) is 189 cm³/mol. The van der Waals surface area contributed by atoms with Gasteiger partial charge in [-0.3, -0.25) is 14.4 Å². The summed E-state index contributed by atoms with van der Waals surface area (Å²) in [6.07, 6.45) is 0.400. The van der Waals surface area contributed by atoms with Gasteiger partial charge < -0.3 is 15.5 Å². The van der Waals surface area contributed by atoms with Crippen LogP contribution >= 0.6 is 0 Å². The second-order valence-electron chi connectivity index (χ2n) is 12.7. The van der Waals surface area contributed by atoms with Crippen molar-refractivity contribution in [2.24, 2.45) is 5.92 Å². The van der Waals surface area contributed by atoms with Gasteiger partial charge in [0.1, 0.15) is 12.1 Å². The molecule has 0 fully saturated rings. The predicted octanol–water partition coefficient (Wildman–Crippen LogP) is 7.45. The molecule has 242 valence electrons. The van der Waals surface area contributed by atoms with Gasteiger partial charge in [0, 0.05) is 18.0 Å². The Morgan fingerprint density at radius 3 is 1.60 bits per heavy atom. The molecule has 3 amide bonds. The van der Waals surface area contributed by atoms with Crippen LogP contribution in [0.1, 0.15) is 76.4 Å². The van der Waals surface area contributed by atoms with Gasteiger partial charge in [-0.15, -0.1) is 0 Å². The Hall–Kier alpha value is -5.49. The van der Waals surface area contributed by atoms with Gasteiger partial charge in [0.2, 0.25) is 11.8 Å². The second kappa shape index (κ2) is 14.9. The summed E-state index contributed by atoms with van der Waals surface area (Å²) < 4.78 is 0. The van der Waals surface area contributed by atoms with Gasteiger partial charge in [0.05, 0.1) is 6.04 Å². The Kier molecular flexibility index (Phi) is 10.1.